The van der Waals surface area contributed by atoms with Crippen LogP contribution in [0.3, 0.4) is 0 Å². The largest absolute Gasteiger partial charge is 0.433 e. The van der Waals surface area contributed by atoms with Gasteiger partial charge in [0.05, 0.1) is 12.2 Å². The lowest BCUT2D eigenvalue weighted by atomic mass is 10.2. The van der Waals surface area contributed by atoms with Crippen molar-refractivity contribution in [1.82, 2.24) is 0 Å². The maximum atomic E-state index is 12.8. The second kappa shape index (κ2) is 6.03. The summed E-state index contributed by atoms with van der Waals surface area (Å²) in [5.41, 5.74) is 0.162. The molecule has 1 N–H and O–H groups in total. The third-order valence-corrected chi connectivity index (χ3v) is 1.62. The highest BCUT2D eigenvalue weighted by atomic mass is 19.3. The van der Waals surface area contributed by atoms with Crippen molar-refractivity contribution in [2.24, 2.45) is 0 Å². The highest BCUT2D eigenvalue weighted by molar-refractivity contribution is 5.46. The van der Waals surface area contributed by atoms with Crippen LogP contribution in [0.15, 0.2) is 18.2 Å². The van der Waals surface area contributed by atoms with Gasteiger partial charge >= 0.3 is 6.61 Å². The van der Waals surface area contributed by atoms with E-state index in [0.717, 1.165) is 12.1 Å². The van der Waals surface area contributed by atoms with Crippen molar-refractivity contribution < 1.29 is 23.0 Å². The van der Waals surface area contributed by atoms with E-state index in [1.165, 1.54) is 6.07 Å². The van der Waals surface area contributed by atoms with E-state index in [0.29, 0.717) is 0 Å². The number of halogens is 3. The van der Waals surface area contributed by atoms with Gasteiger partial charge in [-0.25, -0.2) is 4.39 Å². The number of aliphatic hydroxyl groups is 1. The average Bonchev–Trinajstić information content (AvgIpc) is 2.20. The molecule has 16 heavy (non-hydrogen) atoms. The molecule has 0 atom stereocenters. The molecule has 0 aliphatic heterocycles. The van der Waals surface area contributed by atoms with E-state index in [2.05, 4.69) is 16.6 Å². The molecule has 86 valence electrons. The van der Waals surface area contributed by atoms with Gasteiger partial charge in [-0.15, -0.1) is 0 Å². The molecule has 0 fully saturated rings. The van der Waals surface area contributed by atoms with Gasteiger partial charge in [-0.05, 0) is 12.1 Å². The lowest BCUT2D eigenvalue weighted by Crippen LogP contribution is -2.03. The van der Waals surface area contributed by atoms with Crippen LogP contribution in [0, 0.1) is 17.7 Å². The smallest absolute Gasteiger partial charge is 0.387 e. The molecule has 0 aliphatic carbocycles. The molecule has 0 amide bonds. The topological polar surface area (TPSA) is 29.5 Å². The molecule has 1 aromatic rings. The highest BCUT2D eigenvalue weighted by Crippen LogP contribution is 2.21. The predicted octanol–water partition coefficient (Wildman–Crippen LogP) is 2.16. The Bertz CT molecular complexity index is 407. The molecule has 0 saturated carbocycles. The van der Waals surface area contributed by atoms with Crippen molar-refractivity contribution in [3.8, 4) is 17.6 Å². The minimum Gasteiger partial charge on any atom is -0.433 e. The normalized spacial score (nSPS) is 9.81. The Morgan fingerprint density at radius 2 is 2.12 bits per heavy atom. The van der Waals surface area contributed by atoms with Crippen molar-refractivity contribution in [3.63, 3.8) is 0 Å². The first-order valence-corrected chi connectivity index (χ1v) is 4.47. The van der Waals surface area contributed by atoms with Crippen molar-refractivity contribution in [3.05, 3.63) is 29.6 Å². The Morgan fingerprint density at radius 1 is 1.38 bits per heavy atom. The quantitative estimate of drug-likeness (QED) is 0.806. The average molecular weight is 230 g/mol. The zero-order valence-corrected chi connectivity index (χ0v) is 8.21. The number of alkyl halides is 2. The maximum Gasteiger partial charge on any atom is 0.387 e. The third kappa shape index (κ3) is 3.83. The Balaban J connectivity index is 2.94. The van der Waals surface area contributed by atoms with Crippen molar-refractivity contribution in [1.29, 1.82) is 0 Å². The number of rotatable bonds is 3. The fraction of sp³-hybridized carbons (Fsp3) is 0.273. The molecular weight excluding hydrogens is 221 g/mol. The lowest BCUT2D eigenvalue weighted by molar-refractivity contribution is -0.0501. The van der Waals surface area contributed by atoms with E-state index in [4.69, 9.17) is 5.11 Å². The van der Waals surface area contributed by atoms with Crippen LogP contribution >= 0.6 is 0 Å². The highest BCUT2D eigenvalue weighted by Gasteiger charge is 2.09. The summed E-state index contributed by atoms with van der Waals surface area (Å²) in [5.74, 6) is 4.07. The second-order valence-corrected chi connectivity index (χ2v) is 2.79. The van der Waals surface area contributed by atoms with Crippen molar-refractivity contribution in [2.45, 2.75) is 13.0 Å². The molecule has 0 saturated heterocycles. The fourth-order valence-electron chi connectivity index (χ4n) is 1.01. The zero-order valence-electron chi connectivity index (χ0n) is 8.21. The van der Waals surface area contributed by atoms with Gasteiger partial charge in [0, 0.05) is 12.5 Å². The molecule has 0 unspecified atom stereocenters. The Kier molecular flexibility index (Phi) is 4.67. The fourth-order valence-corrected chi connectivity index (χ4v) is 1.01. The van der Waals surface area contributed by atoms with Crippen molar-refractivity contribution in [2.75, 3.05) is 6.61 Å². The van der Waals surface area contributed by atoms with Crippen LogP contribution < -0.4 is 4.74 Å². The van der Waals surface area contributed by atoms with E-state index < -0.39 is 12.4 Å². The number of benzene rings is 1. The Morgan fingerprint density at radius 3 is 2.75 bits per heavy atom. The molecule has 0 heterocycles. The molecule has 2 nitrogen and oxygen atoms in total. The summed E-state index contributed by atoms with van der Waals surface area (Å²) in [5, 5.41) is 8.49. The summed E-state index contributed by atoms with van der Waals surface area (Å²) in [6.07, 6.45) is 0.214. The Labute approximate surface area is 90.7 Å². The SMILES string of the molecule is OCCC#Cc1ccc(F)cc1OC(F)F. The number of ether oxygens (including phenoxy) is 1. The summed E-state index contributed by atoms with van der Waals surface area (Å²) in [6, 6.07) is 3.19. The van der Waals surface area contributed by atoms with Gasteiger partial charge < -0.3 is 9.84 Å². The zero-order chi connectivity index (χ0) is 12.0. The monoisotopic (exact) mass is 230 g/mol. The summed E-state index contributed by atoms with van der Waals surface area (Å²) >= 11 is 0. The van der Waals surface area contributed by atoms with Gasteiger partial charge in [0.15, 0.2) is 0 Å². The summed E-state index contributed by atoms with van der Waals surface area (Å²) in [4.78, 5) is 0. The van der Waals surface area contributed by atoms with Crippen LogP contribution in [0.4, 0.5) is 13.2 Å². The molecule has 0 spiro atoms. The second-order valence-electron chi connectivity index (χ2n) is 2.79. The van der Waals surface area contributed by atoms with Crippen LogP contribution in [0.2, 0.25) is 0 Å². The maximum absolute atomic E-state index is 12.8. The first-order valence-electron chi connectivity index (χ1n) is 4.47. The van der Waals surface area contributed by atoms with Gasteiger partial charge in [-0.2, -0.15) is 8.78 Å². The van der Waals surface area contributed by atoms with Crippen LogP contribution in [-0.4, -0.2) is 18.3 Å². The summed E-state index contributed by atoms with van der Waals surface area (Å²) in [6.45, 7) is -3.15. The van der Waals surface area contributed by atoms with Gasteiger partial charge in [0.25, 0.3) is 0 Å². The predicted molar refractivity (Wildman–Crippen MR) is 51.6 cm³/mol. The van der Waals surface area contributed by atoms with Crippen LogP contribution in [0.25, 0.3) is 0 Å². The van der Waals surface area contributed by atoms with E-state index >= 15 is 0 Å². The molecular formula is C11H9F3O2. The molecule has 0 aliphatic rings. The molecule has 0 radical (unpaired) electrons. The van der Waals surface area contributed by atoms with Gasteiger partial charge in [0.1, 0.15) is 11.6 Å². The van der Waals surface area contributed by atoms with Gasteiger partial charge in [-0.3, -0.25) is 0 Å². The van der Waals surface area contributed by atoms with Crippen LogP contribution in [0.1, 0.15) is 12.0 Å². The molecule has 0 bridgehead atoms. The minimum absolute atomic E-state index is 0.126. The van der Waals surface area contributed by atoms with Gasteiger partial charge in [-0.1, -0.05) is 11.8 Å². The van der Waals surface area contributed by atoms with Crippen LogP contribution in [-0.2, 0) is 0 Å². The Hall–Kier alpha value is -1.67. The standard InChI is InChI=1S/C11H9F3O2/c12-9-5-4-8(3-1-2-6-15)10(7-9)16-11(13)14/h4-5,7,11,15H,2,6H2. The summed E-state index contributed by atoms with van der Waals surface area (Å²) in [7, 11) is 0. The number of aliphatic hydroxyl groups excluding tert-OH is 1. The summed E-state index contributed by atoms with van der Waals surface area (Å²) < 4.78 is 40.9. The van der Waals surface area contributed by atoms with E-state index in [1.54, 1.807) is 0 Å². The first kappa shape index (κ1) is 12.4. The van der Waals surface area contributed by atoms with Gasteiger partial charge in [0.2, 0.25) is 0 Å². The molecule has 1 rings (SSSR count). The number of hydrogen-bond donors (Lipinski definition) is 1. The van der Waals surface area contributed by atoms with E-state index in [1.807, 2.05) is 0 Å². The molecule has 5 heteroatoms. The minimum atomic E-state index is -3.03. The molecule has 1 aromatic carbocycles. The molecule has 0 aromatic heterocycles. The van der Waals surface area contributed by atoms with Crippen LogP contribution in [0.5, 0.6) is 5.75 Å². The van der Waals surface area contributed by atoms with E-state index in [-0.39, 0.29) is 24.3 Å². The lowest BCUT2D eigenvalue weighted by Gasteiger charge is -2.06. The van der Waals surface area contributed by atoms with E-state index in [9.17, 15) is 13.2 Å². The van der Waals surface area contributed by atoms with Crippen molar-refractivity contribution >= 4 is 0 Å². The third-order valence-electron chi connectivity index (χ3n) is 1.62. The number of hydrogen-bond acceptors (Lipinski definition) is 2. The first-order chi connectivity index (χ1) is 7.63.